The first-order valence-electron chi connectivity index (χ1n) is 14.5. The van der Waals surface area contributed by atoms with Crippen molar-refractivity contribution in [3.63, 3.8) is 0 Å². The number of rotatable bonds is 5. The molecule has 214 valence electrons. The molecule has 5 heterocycles. The third-order valence-corrected chi connectivity index (χ3v) is 8.27. The van der Waals surface area contributed by atoms with E-state index in [0.717, 1.165) is 44.5 Å². The molecule has 1 aliphatic heterocycles. The molecule has 0 amide bonds. The minimum absolute atomic E-state index is 0. The second-order valence-electron chi connectivity index (χ2n) is 10.8. The predicted molar refractivity (Wildman–Crippen MR) is 174 cm³/mol. The molecule has 4 aromatic heterocycles. The number of benzene rings is 4. The second-order valence-corrected chi connectivity index (χ2v) is 10.8. The normalized spacial score (nSPS) is 11.8. The summed E-state index contributed by atoms with van der Waals surface area (Å²) < 4.78 is 10.4. The SMILES string of the molecule is [Pt+2].[c-]1c(Oc2[c-]c3c(cc2)c2ccccc2n3-c2ccccn2)cccc1-n1cc2c(n1)B(c1ccncc1)c1ccccc1-2. The molecule has 45 heavy (non-hydrogen) atoms. The van der Waals surface area contributed by atoms with Crippen LogP contribution in [0.3, 0.4) is 0 Å². The van der Waals surface area contributed by atoms with Gasteiger partial charge < -0.3 is 9.30 Å². The molecule has 0 bridgehead atoms. The molecule has 0 unspecified atom stereocenters. The van der Waals surface area contributed by atoms with Gasteiger partial charge in [-0.1, -0.05) is 65.0 Å². The molecular formula is C37H22BN5OPt. The quantitative estimate of drug-likeness (QED) is 0.169. The topological polar surface area (TPSA) is 57.8 Å². The fraction of sp³-hybridized carbons (Fsp3) is 0. The maximum absolute atomic E-state index is 6.37. The van der Waals surface area contributed by atoms with Gasteiger partial charge in [-0.2, -0.15) is 17.2 Å². The summed E-state index contributed by atoms with van der Waals surface area (Å²) in [5, 5.41) is 7.31. The summed E-state index contributed by atoms with van der Waals surface area (Å²) in [5.74, 6) is 2.01. The van der Waals surface area contributed by atoms with E-state index in [1.165, 1.54) is 16.5 Å². The Hall–Kier alpha value is -5.26. The zero-order valence-corrected chi connectivity index (χ0v) is 26.0. The van der Waals surface area contributed by atoms with Crippen molar-refractivity contribution in [1.29, 1.82) is 0 Å². The van der Waals surface area contributed by atoms with Gasteiger partial charge in [0.25, 0.3) is 6.71 Å². The molecule has 0 saturated carbocycles. The first-order valence-corrected chi connectivity index (χ1v) is 14.5. The van der Waals surface area contributed by atoms with Crippen LogP contribution in [-0.4, -0.2) is 31.0 Å². The number of aromatic nitrogens is 5. The van der Waals surface area contributed by atoms with E-state index in [4.69, 9.17) is 9.84 Å². The summed E-state index contributed by atoms with van der Waals surface area (Å²) in [7, 11) is 0. The van der Waals surface area contributed by atoms with Crippen LogP contribution in [-0.2, 0) is 21.1 Å². The summed E-state index contributed by atoms with van der Waals surface area (Å²) >= 11 is 0. The van der Waals surface area contributed by atoms with Crippen LogP contribution >= 0.6 is 0 Å². The van der Waals surface area contributed by atoms with Crippen molar-refractivity contribution < 1.29 is 25.8 Å². The van der Waals surface area contributed by atoms with Crippen LogP contribution in [0.4, 0.5) is 0 Å². The van der Waals surface area contributed by atoms with Crippen LogP contribution in [0.1, 0.15) is 0 Å². The van der Waals surface area contributed by atoms with Crippen molar-refractivity contribution >= 4 is 45.0 Å². The number of nitrogens with zero attached hydrogens (tertiary/aromatic N) is 5. The van der Waals surface area contributed by atoms with Crippen molar-refractivity contribution in [3.05, 3.63) is 146 Å². The van der Waals surface area contributed by atoms with Gasteiger partial charge in [0.1, 0.15) is 5.82 Å². The van der Waals surface area contributed by atoms with E-state index < -0.39 is 0 Å². The molecule has 0 N–H and O–H groups in total. The van der Waals surface area contributed by atoms with Gasteiger partial charge in [-0.3, -0.25) is 9.67 Å². The minimum Gasteiger partial charge on any atom is -0.509 e. The molecule has 8 aromatic rings. The average Bonchev–Trinajstić information content (AvgIpc) is 3.74. The average molecular weight is 759 g/mol. The molecule has 4 aromatic carbocycles. The number of pyridine rings is 2. The molecular weight excluding hydrogens is 736 g/mol. The monoisotopic (exact) mass is 758 g/mol. The maximum atomic E-state index is 6.37. The Balaban J connectivity index is 0.00000300. The Morgan fingerprint density at radius 3 is 2.38 bits per heavy atom. The number of hydrogen-bond acceptors (Lipinski definition) is 4. The number of fused-ring (bicyclic) bond motifs is 6. The fourth-order valence-corrected chi connectivity index (χ4v) is 6.37. The molecule has 0 spiro atoms. The van der Waals surface area contributed by atoms with E-state index in [0.29, 0.717) is 11.5 Å². The van der Waals surface area contributed by atoms with E-state index in [1.807, 2.05) is 65.6 Å². The van der Waals surface area contributed by atoms with E-state index >= 15 is 0 Å². The number of ether oxygens (including phenoxy) is 1. The Morgan fingerprint density at radius 1 is 0.667 bits per heavy atom. The largest absolute Gasteiger partial charge is 2.00 e. The zero-order valence-electron chi connectivity index (χ0n) is 23.7. The summed E-state index contributed by atoms with van der Waals surface area (Å²) in [4.78, 5) is 8.84. The van der Waals surface area contributed by atoms with Crippen molar-refractivity contribution in [2.75, 3.05) is 0 Å². The first kappa shape index (κ1) is 27.3. The molecule has 0 radical (unpaired) electrons. The van der Waals surface area contributed by atoms with Crippen molar-refractivity contribution in [2.24, 2.45) is 0 Å². The van der Waals surface area contributed by atoms with Gasteiger partial charge in [0, 0.05) is 53.0 Å². The summed E-state index contributed by atoms with van der Waals surface area (Å²) in [5.41, 5.74) is 8.57. The van der Waals surface area contributed by atoms with Crippen LogP contribution in [0.15, 0.2) is 134 Å². The third kappa shape index (κ3) is 4.51. The van der Waals surface area contributed by atoms with Crippen LogP contribution in [0.25, 0.3) is 44.4 Å². The van der Waals surface area contributed by atoms with E-state index in [2.05, 4.69) is 93.5 Å². The van der Waals surface area contributed by atoms with Gasteiger partial charge in [-0.25, -0.2) is 4.98 Å². The molecule has 0 atom stereocenters. The smallest absolute Gasteiger partial charge is 0.509 e. The van der Waals surface area contributed by atoms with Crippen LogP contribution < -0.4 is 21.3 Å². The van der Waals surface area contributed by atoms with Gasteiger partial charge in [-0.15, -0.1) is 35.7 Å². The maximum Gasteiger partial charge on any atom is 2.00 e. The number of hydrogen-bond donors (Lipinski definition) is 0. The Labute approximate surface area is 274 Å². The van der Waals surface area contributed by atoms with Gasteiger partial charge in [-0.05, 0) is 47.0 Å². The van der Waals surface area contributed by atoms with E-state index in [-0.39, 0.29) is 27.8 Å². The molecule has 9 rings (SSSR count). The zero-order chi connectivity index (χ0) is 29.0. The molecule has 0 aliphatic carbocycles. The van der Waals surface area contributed by atoms with E-state index in [9.17, 15) is 0 Å². The Morgan fingerprint density at radius 2 is 1.49 bits per heavy atom. The number of para-hydroxylation sites is 1. The van der Waals surface area contributed by atoms with Gasteiger partial charge in [0.05, 0.1) is 0 Å². The molecule has 0 fully saturated rings. The fourth-order valence-electron chi connectivity index (χ4n) is 6.37. The van der Waals surface area contributed by atoms with Crippen molar-refractivity contribution in [1.82, 2.24) is 24.3 Å². The molecule has 0 saturated heterocycles. The molecule has 1 aliphatic rings. The van der Waals surface area contributed by atoms with Gasteiger partial charge in [0.2, 0.25) is 0 Å². The summed E-state index contributed by atoms with van der Waals surface area (Å²) in [6.07, 6.45) is 7.58. The van der Waals surface area contributed by atoms with E-state index in [1.54, 1.807) is 6.20 Å². The molecule has 6 nitrogen and oxygen atoms in total. The van der Waals surface area contributed by atoms with Crippen molar-refractivity contribution in [3.8, 4) is 34.1 Å². The second kappa shape index (κ2) is 11.0. The Kier molecular flexibility index (Phi) is 6.69. The standard InChI is InChI=1S/C37H22BN5O.Pt/c1-3-12-33-29(10-1)32-24-42(41-37(32)38(33)25-17-20-39-21-18-25)26-8-7-9-27(22-26)44-28-15-16-31-30-11-2-4-13-34(30)43(35(31)23-28)36-14-5-6-19-40-36;/h1-21,24H;/q-2;+2. The summed E-state index contributed by atoms with van der Waals surface area (Å²) in [6.45, 7) is 0.0528. The Bertz CT molecular complexity index is 2340. The predicted octanol–water partition coefficient (Wildman–Crippen LogP) is 5.65. The van der Waals surface area contributed by atoms with Crippen LogP contribution in [0, 0.1) is 12.1 Å². The molecule has 8 heteroatoms. The van der Waals surface area contributed by atoms with Crippen LogP contribution in [0.5, 0.6) is 11.5 Å². The van der Waals surface area contributed by atoms with Crippen LogP contribution in [0.2, 0.25) is 0 Å². The van der Waals surface area contributed by atoms with Gasteiger partial charge in [0.15, 0.2) is 0 Å². The van der Waals surface area contributed by atoms with Crippen molar-refractivity contribution in [2.45, 2.75) is 0 Å². The third-order valence-electron chi connectivity index (χ3n) is 8.27. The summed E-state index contributed by atoms with van der Waals surface area (Å²) in [6, 6.07) is 43.7. The van der Waals surface area contributed by atoms with Gasteiger partial charge >= 0.3 is 21.1 Å². The minimum atomic E-state index is 0. The first-order chi connectivity index (χ1) is 21.8.